The number of nitrogens with zero attached hydrogens (tertiary/aromatic N) is 3. The summed E-state index contributed by atoms with van der Waals surface area (Å²) >= 11 is 0. The van der Waals surface area contributed by atoms with Crippen molar-refractivity contribution in [3.63, 3.8) is 0 Å². The normalized spacial score (nSPS) is 10.5. The molecule has 1 aromatic carbocycles. The lowest BCUT2D eigenvalue weighted by Crippen LogP contribution is -2.28. The third-order valence-electron chi connectivity index (χ3n) is 3.52. The Balaban J connectivity index is 2.07. The van der Waals surface area contributed by atoms with Crippen LogP contribution >= 0.6 is 0 Å². The van der Waals surface area contributed by atoms with Crippen molar-refractivity contribution in [2.75, 3.05) is 19.0 Å². The molecular weight excluding hydrogens is 322 g/mol. The summed E-state index contributed by atoms with van der Waals surface area (Å²) < 4.78 is 5.16. The molecule has 3 aromatic rings. The van der Waals surface area contributed by atoms with Gasteiger partial charge in [0.25, 0.3) is 0 Å². The molecule has 2 amide bonds. The van der Waals surface area contributed by atoms with Crippen LogP contribution in [0.4, 0.5) is 10.6 Å². The zero-order valence-corrected chi connectivity index (χ0v) is 13.8. The van der Waals surface area contributed by atoms with Gasteiger partial charge in [0, 0.05) is 18.3 Å². The summed E-state index contributed by atoms with van der Waals surface area (Å²) in [6, 6.07) is 6.44. The Morgan fingerprint density at radius 1 is 1.28 bits per heavy atom. The predicted molar refractivity (Wildman–Crippen MR) is 93.7 cm³/mol. The minimum atomic E-state index is -0.354. The molecule has 0 unspecified atom stereocenters. The summed E-state index contributed by atoms with van der Waals surface area (Å²) in [7, 11) is 1.48. The highest BCUT2D eigenvalue weighted by molar-refractivity contribution is 5.93. The molecule has 3 N–H and O–H groups in total. The average molecular weight is 339 g/mol. The highest BCUT2D eigenvalue weighted by atomic mass is 16.5. The summed E-state index contributed by atoms with van der Waals surface area (Å²) in [5.41, 5.74) is 2.53. The fourth-order valence-corrected chi connectivity index (χ4v) is 2.38. The number of ether oxygens (including phenoxy) is 1. The number of aromatic hydroxyl groups is 1. The lowest BCUT2D eigenvalue weighted by atomic mass is 10.1. The Labute approximate surface area is 143 Å². The third kappa shape index (κ3) is 3.42. The van der Waals surface area contributed by atoms with E-state index in [9.17, 15) is 9.90 Å². The maximum Gasteiger partial charge on any atom is 0.320 e. The van der Waals surface area contributed by atoms with Crippen LogP contribution in [0.25, 0.3) is 22.3 Å². The molecule has 0 spiro atoms. The monoisotopic (exact) mass is 339 g/mol. The Bertz CT molecular complexity index is 929. The van der Waals surface area contributed by atoms with Gasteiger partial charge in [-0.1, -0.05) is 6.07 Å². The number of amides is 2. The zero-order valence-electron chi connectivity index (χ0n) is 13.8. The molecule has 0 aliphatic heterocycles. The number of phenolic OH excluding ortho intramolecular Hbond substituents is 1. The number of pyridine rings is 1. The quantitative estimate of drug-likeness (QED) is 0.674. The van der Waals surface area contributed by atoms with E-state index in [1.807, 2.05) is 6.92 Å². The number of nitrogens with one attached hydrogen (secondary N) is 2. The summed E-state index contributed by atoms with van der Waals surface area (Å²) in [4.78, 5) is 24.6. The first-order valence-electron chi connectivity index (χ1n) is 7.66. The number of methoxy groups -OCH3 is 1. The summed E-state index contributed by atoms with van der Waals surface area (Å²) in [6.07, 6.45) is 3.08. The first kappa shape index (κ1) is 16.4. The number of hydrogen-bond donors (Lipinski definition) is 3. The van der Waals surface area contributed by atoms with E-state index in [0.29, 0.717) is 29.3 Å². The van der Waals surface area contributed by atoms with E-state index >= 15 is 0 Å². The average Bonchev–Trinajstić information content (AvgIpc) is 2.62. The molecule has 0 bridgehead atoms. The van der Waals surface area contributed by atoms with Gasteiger partial charge in [-0.15, -0.1) is 0 Å². The highest BCUT2D eigenvalue weighted by Crippen LogP contribution is 2.33. The first-order chi connectivity index (χ1) is 12.1. The van der Waals surface area contributed by atoms with Crippen molar-refractivity contribution >= 4 is 23.0 Å². The maximum atomic E-state index is 11.7. The Hall–Kier alpha value is -3.42. The number of fused-ring (bicyclic) bond motifs is 1. The summed E-state index contributed by atoms with van der Waals surface area (Å²) in [5.74, 6) is 0.722. The Morgan fingerprint density at radius 2 is 2.12 bits per heavy atom. The van der Waals surface area contributed by atoms with Gasteiger partial charge in [0.1, 0.15) is 5.52 Å². The molecular formula is C17H17N5O3. The van der Waals surface area contributed by atoms with E-state index < -0.39 is 0 Å². The minimum Gasteiger partial charge on any atom is -0.504 e. The fourth-order valence-electron chi connectivity index (χ4n) is 2.38. The molecule has 8 heteroatoms. The van der Waals surface area contributed by atoms with Gasteiger partial charge in [0.2, 0.25) is 0 Å². The van der Waals surface area contributed by atoms with Crippen LogP contribution in [0.2, 0.25) is 0 Å². The Kier molecular flexibility index (Phi) is 4.60. The van der Waals surface area contributed by atoms with Crippen molar-refractivity contribution < 1.29 is 14.6 Å². The van der Waals surface area contributed by atoms with Crippen LogP contribution in [0, 0.1) is 0 Å². The van der Waals surface area contributed by atoms with Gasteiger partial charge in [-0.25, -0.2) is 19.7 Å². The molecule has 25 heavy (non-hydrogen) atoms. The van der Waals surface area contributed by atoms with Gasteiger partial charge < -0.3 is 15.2 Å². The second kappa shape index (κ2) is 7.00. The summed E-state index contributed by atoms with van der Waals surface area (Å²) in [6.45, 7) is 2.33. The lowest BCUT2D eigenvalue weighted by molar-refractivity contribution is 0.252. The molecule has 0 saturated carbocycles. The van der Waals surface area contributed by atoms with Gasteiger partial charge in [0.05, 0.1) is 13.3 Å². The number of phenols is 1. The number of urea groups is 1. The SMILES string of the molecule is CCNC(=O)Nc1cnc2nccc(-c3ccc(O)c(OC)c3)c2n1. The maximum absolute atomic E-state index is 11.7. The van der Waals surface area contributed by atoms with Gasteiger partial charge in [-0.2, -0.15) is 0 Å². The molecule has 0 atom stereocenters. The van der Waals surface area contributed by atoms with Crippen LogP contribution in [0.3, 0.4) is 0 Å². The molecule has 128 valence electrons. The van der Waals surface area contributed by atoms with Crippen LogP contribution in [-0.2, 0) is 0 Å². The van der Waals surface area contributed by atoms with Crippen molar-refractivity contribution in [3.8, 4) is 22.6 Å². The second-order valence-corrected chi connectivity index (χ2v) is 5.16. The van der Waals surface area contributed by atoms with Gasteiger partial charge in [-0.3, -0.25) is 5.32 Å². The minimum absolute atomic E-state index is 0.0503. The van der Waals surface area contributed by atoms with Crippen molar-refractivity contribution in [3.05, 3.63) is 36.7 Å². The molecule has 2 aromatic heterocycles. The van der Waals surface area contributed by atoms with Crippen molar-refractivity contribution in [2.45, 2.75) is 6.92 Å². The third-order valence-corrected chi connectivity index (χ3v) is 3.52. The lowest BCUT2D eigenvalue weighted by Gasteiger charge is -2.10. The van der Waals surface area contributed by atoms with Crippen LogP contribution in [0.15, 0.2) is 36.7 Å². The largest absolute Gasteiger partial charge is 0.504 e. The molecule has 2 heterocycles. The van der Waals surface area contributed by atoms with Gasteiger partial charge in [0.15, 0.2) is 23.0 Å². The molecule has 0 aliphatic carbocycles. The molecule has 3 rings (SSSR count). The van der Waals surface area contributed by atoms with Crippen LogP contribution in [-0.4, -0.2) is 39.7 Å². The van der Waals surface area contributed by atoms with E-state index in [1.165, 1.54) is 13.3 Å². The van der Waals surface area contributed by atoms with Crippen LogP contribution < -0.4 is 15.4 Å². The second-order valence-electron chi connectivity index (χ2n) is 5.16. The van der Waals surface area contributed by atoms with Gasteiger partial charge in [-0.05, 0) is 30.7 Å². The van der Waals surface area contributed by atoms with E-state index in [1.54, 1.807) is 30.5 Å². The molecule has 0 radical (unpaired) electrons. The topological polar surface area (TPSA) is 109 Å². The number of anilines is 1. The van der Waals surface area contributed by atoms with Crippen LogP contribution in [0.1, 0.15) is 6.92 Å². The van der Waals surface area contributed by atoms with E-state index in [-0.39, 0.29) is 11.8 Å². The van der Waals surface area contributed by atoms with E-state index in [0.717, 1.165) is 11.1 Å². The highest BCUT2D eigenvalue weighted by Gasteiger charge is 2.12. The predicted octanol–water partition coefficient (Wildman–Crippen LogP) is 2.55. The number of rotatable bonds is 4. The van der Waals surface area contributed by atoms with Crippen LogP contribution in [0.5, 0.6) is 11.5 Å². The van der Waals surface area contributed by atoms with Crippen molar-refractivity contribution in [2.24, 2.45) is 0 Å². The molecule has 0 saturated heterocycles. The van der Waals surface area contributed by atoms with Crippen molar-refractivity contribution in [1.29, 1.82) is 0 Å². The molecule has 0 fully saturated rings. The molecule has 8 nitrogen and oxygen atoms in total. The van der Waals surface area contributed by atoms with E-state index in [2.05, 4.69) is 25.6 Å². The van der Waals surface area contributed by atoms with E-state index in [4.69, 9.17) is 4.74 Å². The number of hydrogen-bond acceptors (Lipinski definition) is 6. The smallest absolute Gasteiger partial charge is 0.320 e. The number of aromatic nitrogens is 3. The number of benzene rings is 1. The van der Waals surface area contributed by atoms with Crippen molar-refractivity contribution in [1.82, 2.24) is 20.3 Å². The number of carbonyl (C=O) groups excluding carboxylic acids is 1. The van der Waals surface area contributed by atoms with Gasteiger partial charge >= 0.3 is 6.03 Å². The standard InChI is InChI=1S/C17H17N5O3/c1-3-18-17(24)22-14-9-20-16-15(21-14)11(6-7-19-16)10-4-5-12(23)13(8-10)25-2/h4-9,23H,3H2,1-2H3,(H2,18,21,22,24). The Morgan fingerprint density at radius 3 is 2.88 bits per heavy atom. The molecule has 0 aliphatic rings. The zero-order chi connectivity index (χ0) is 17.8. The fraction of sp³-hybridized carbons (Fsp3) is 0.176. The summed E-state index contributed by atoms with van der Waals surface area (Å²) in [5, 5.41) is 15.0. The first-order valence-corrected chi connectivity index (χ1v) is 7.66. The number of carbonyl (C=O) groups is 1.